The van der Waals surface area contributed by atoms with Crippen molar-refractivity contribution >= 4 is 17.2 Å². The van der Waals surface area contributed by atoms with Crippen molar-refractivity contribution in [1.82, 2.24) is 4.98 Å². The van der Waals surface area contributed by atoms with Crippen LogP contribution in [0.3, 0.4) is 0 Å². The average molecular weight is 224 g/mol. The monoisotopic (exact) mass is 224 g/mol. The molecule has 0 amide bonds. The maximum atomic E-state index is 8.98. The largest absolute Gasteiger partial charge is 0.397 e. The van der Waals surface area contributed by atoms with E-state index < -0.39 is 0 Å². The first-order valence-corrected chi connectivity index (χ1v) is 5.19. The molecular formula is C13H12N4. The van der Waals surface area contributed by atoms with Gasteiger partial charge in [0.25, 0.3) is 0 Å². The lowest BCUT2D eigenvalue weighted by atomic mass is 10.2. The first kappa shape index (κ1) is 11.0. The number of benzene rings is 1. The van der Waals surface area contributed by atoms with Gasteiger partial charge in [-0.05, 0) is 30.7 Å². The molecule has 1 aromatic heterocycles. The number of nitrogens with one attached hydrogen (secondary N) is 1. The van der Waals surface area contributed by atoms with E-state index in [0.717, 1.165) is 11.3 Å². The Hall–Kier alpha value is -2.54. The van der Waals surface area contributed by atoms with Crippen molar-refractivity contribution in [1.29, 1.82) is 5.26 Å². The molecule has 0 aliphatic carbocycles. The predicted octanol–water partition coefficient (Wildman–Crippen LogP) is 2.59. The van der Waals surface area contributed by atoms with E-state index in [4.69, 9.17) is 11.0 Å². The quantitative estimate of drug-likeness (QED) is 0.822. The summed E-state index contributed by atoms with van der Waals surface area (Å²) in [5.74, 6) is 0.710. The van der Waals surface area contributed by atoms with E-state index in [1.807, 2.05) is 31.2 Å². The van der Waals surface area contributed by atoms with E-state index in [0.29, 0.717) is 17.1 Å². The van der Waals surface area contributed by atoms with Crippen LogP contribution in [0.4, 0.5) is 17.2 Å². The van der Waals surface area contributed by atoms with Crippen LogP contribution < -0.4 is 11.1 Å². The second-order valence-electron chi connectivity index (χ2n) is 3.72. The molecule has 17 heavy (non-hydrogen) atoms. The van der Waals surface area contributed by atoms with Crippen LogP contribution in [-0.4, -0.2) is 4.98 Å². The molecule has 1 aromatic carbocycles. The number of rotatable bonds is 2. The molecule has 0 bridgehead atoms. The Morgan fingerprint density at radius 1 is 1.35 bits per heavy atom. The van der Waals surface area contributed by atoms with E-state index in [1.165, 1.54) is 0 Å². The summed E-state index contributed by atoms with van der Waals surface area (Å²) in [7, 11) is 0. The Kier molecular flexibility index (Phi) is 2.93. The van der Waals surface area contributed by atoms with Crippen molar-refractivity contribution in [2.75, 3.05) is 11.1 Å². The Labute approximate surface area is 99.7 Å². The summed E-state index contributed by atoms with van der Waals surface area (Å²) in [6.07, 6.45) is 1.59. The molecule has 1 heterocycles. The van der Waals surface area contributed by atoms with Crippen LogP contribution in [0.5, 0.6) is 0 Å². The molecule has 0 radical (unpaired) electrons. The number of pyridine rings is 1. The van der Waals surface area contributed by atoms with E-state index in [9.17, 15) is 0 Å². The van der Waals surface area contributed by atoms with Crippen LogP contribution >= 0.6 is 0 Å². The zero-order chi connectivity index (χ0) is 12.3. The molecule has 0 saturated heterocycles. The van der Waals surface area contributed by atoms with Gasteiger partial charge in [0.1, 0.15) is 11.9 Å². The summed E-state index contributed by atoms with van der Waals surface area (Å²) in [5.41, 5.74) is 8.54. The highest BCUT2D eigenvalue weighted by Gasteiger charge is 2.04. The maximum absolute atomic E-state index is 8.98. The first-order chi connectivity index (χ1) is 8.20. The van der Waals surface area contributed by atoms with Crippen LogP contribution in [0.1, 0.15) is 11.1 Å². The molecule has 0 saturated carbocycles. The standard InChI is InChI=1S/C13H12N4/c1-9-6-11(15)8-16-13(9)17-12-5-3-2-4-10(12)7-14/h2-6,8H,15H2,1H3,(H,16,17). The van der Waals surface area contributed by atoms with Crippen LogP contribution in [0.15, 0.2) is 36.5 Å². The van der Waals surface area contributed by atoms with Crippen molar-refractivity contribution in [2.24, 2.45) is 0 Å². The Balaban J connectivity index is 2.35. The highest BCUT2D eigenvalue weighted by atomic mass is 15.0. The first-order valence-electron chi connectivity index (χ1n) is 5.19. The summed E-state index contributed by atoms with van der Waals surface area (Å²) in [6, 6.07) is 11.3. The van der Waals surface area contributed by atoms with E-state index in [1.54, 1.807) is 12.3 Å². The normalized spacial score (nSPS) is 9.65. The molecule has 4 heteroatoms. The SMILES string of the molecule is Cc1cc(N)cnc1Nc1ccccc1C#N. The van der Waals surface area contributed by atoms with Gasteiger partial charge in [-0.25, -0.2) is 4.98 Å². The predicted molar refractivity (Wildman–Crippen MR) is 67.8 cm³/mol. The number of anilines is 3. The van der Waals surface area contributed by atoms with Crippen LogP contribution in [-0.2, 0) is 0 Å². The molecule has 84 valence electrons. The number of nitrogens with two attached hydrogens (primary N) is 1. The van der Waals surface area contributed by atoms with Gasteiger partial charge in [0, 0.05) is 0 Å². The van der Waals surface area contributed by atoms with Gasteiger partial charge in [0.05, 0.1) is 23.1 Å². The lowest BCUT2D eigenvalue weighted by Gasteiger charge is -2.09. The highest BCUT2D eigenvalue weighted by Crippen LogP contribution is 2.22. The number of nitrogen functional groups attached to an aromatic ring is 1. The second-order valence-corrected chi connectivity index (χ2v) is 3.72. The molecule has 2 aromatic rings. The molecule has 0 fully saturated rings. The lowest BCUT2D eigenvalue weighted by molar-refractivity contribution is 1.26. The van der Waals surface area contributed by atoms with Gasteiger partial charge in [-0.2, -0.15) is 5.26 Å². The van der Waals surface area contributed by atoms with Gasteiger partial charge in [-0.3, -0.25) is 0 Å². The van der Waals surface area contributed by atoms with Gasteiger partial charge < -0.3 is 11.1 Å². The summed E-state index contributed by atoms with van der Waals surface area (Å²) in [5, 5.41) is 12.1. The minimum atomic E-state index is 0.588. The lowest BCUT2D eigenvalue weighted by Crippen LogP contribution is -1.99. The summed E-state index contributed by atoms with van der Waals surface area (Å²) in [6.45, 7) is 1.92. The van der Waals surface area contributed by atoms with Crippen molar-refractivity contribution in [3.05, 3.63) is 47.7 Å². The molecule has 0 unspecified atom stereocenters. The van der Waals surface area contributed by atoms with Crippen molar-refractivity contribution in [3.8, 4) is 6.07 Å². The number of aryl methyl sites for hydroxylation is 1. The summed E-state index contributed by atoms with van der Waals surface area (Å²) in [4.78, 5) is 4.20. The third-order valence-corrected chi connectivity index (χ3v) is 2.40. The topological polar surface area (TPSA) is 74.7 Å². The minimum absolute atomic E-state index is 0.588. The molecule has 0 atom stereocenters. The van der Waals surface area contributed by atoms with Gasteiger partial charge >= 0.3 is 0 Å². The Morgan fingerprint density at radius 3 is 2.82 bits per heavy atom. The van der Waals surface area contributed by atoms with Crippen LogP contribution in [0, 0.1) is 18.3 Å². The number of para-hydroxylation sites is 1. The van der Waals surface area contributed by atoms with Gasteiger partial charge in [0.15, 0.2) is 0 Å². The Bertz CT molecular complexity index is 584. The molecule has 4 nitrogen and oxygen atoms in total. The number of aromatic nitrogens is 1. The van der Waals surface area contributed by atoms with Crippen molar-refractivity contribution < 1.29 is 0 Å². The number of hydrogen-bond donors (Lipinski definition) is 2. The minimum Gasteiger partial charge on any atom is -0.397 e. The molecule has 0 spiro atoms. The average Bonchev–Trinajstić information content (AvgIpc) is 2.33. The number of nitrogens with zero attached hydrogens (tertiary/aromatic N) is 2. The summed E-state index contributed by atoms with van der Waals surface area (Å²) < 4.78 is 0. The number of hydrogen-bond acceptors (Lipinski definition) is 4. The Morgan fingerprint density at radius 2 is 2.12 bits per heavy atom. The molecule has 2 rings (SSSR count). The third kappa shape index (κ3) is 2.34. The highest BCUT2D eigenvalue weighted by molar-refractivity contribution is 5.66. The zero-order valence-electron chi connectivity index (χ0n) is 9.44. The summed E-state index contributed by atoms with van der Waals surface area (Å²) >= 11 is 0. The molecule has 0 aliphatic rings. The fourth-order valence-corrected chi connectivity index (χ4v) is 1.54. The van der Waals surface area contributed by atoms with Gasteiger partial charge in [0.2, 0.25) is 0 Å². The number of nitriles is 1. The fourth-order valence-electron chi connectivity index (χ4n) is 1.54. The molecule has 0 aliphatic heterocycles. The van der Waals surface area contributed by atoms with E-state index in [-0.39, 0.29) is 0 Å². The van der Waals surface area contributed by atoms with Crippen molar-refractivity contribution in [3.63, 3.8) is 0 Å². The van der Waals surface area contributed by atoms with E-state index >= 15 is 0 Å². The van der Waals surface area contributed by atoms with Crippen LogP contribution in [0.2, 0.25) is 0 Å². The third-order valence-electron chi connectivity index (χ3n) is 2.40. The maximum Gasteiger partial charge on any atom is 0.133 e. The molecular weight excluding hydrogens is 212 g/mol. The van der Waals surface area contributed by atoms with E-state index in [2.05, 4.69) is 16.4 Å². The molecule has 3 N–H and O–H groups in total. The van der Waals surface area contributed by atoms with Gasteiger partial charge in [-0.15, -0.1) is 0 Å². The zero-order valence-corrected chi connectivity index (χ0v) is 9.44. The van der Waals surface area contributed by atoms with Gasteiger partial charge in [-0.1, -0.05) is 12.1 Å². The van der Waals surface area contributed by atoms with Crippen molar-refractivity contribution in [2.45, 2.75) is 6.92 Å². The fraction of sp³-hybridized carbons (Fsp3) is 0.0769. The smallest absolute Gasteiger partial charge is 0.133 e. The van der Waals surface area contributed by atoms with Crippen LogP contribution in [0.25, 0.3) is 0 Å². The second kappa shape index (κ2) is 4.54.